The molecule has 27 heavy (non-hydrogen) atoms. The summed E-state index contributed by atoms with van der Waals surface area (Å²) in [6.07, 6.45) is 4.18. The highest BCUT2D eigenvalue weighted by Gasteiger charge is 2.30. The number of amides is 1. The molecule has 7 heteroatoms. The molecule has 1 atom stereocenters. The Morgan fingerprint density at radius 2 is 2.30 bits per heavy atom. The van der Waals surface area contributed by atoms with Crippen molar-refractivity contribution in [2.75, 3.05) is 13.1 Å². The molecule has 0 unspecified atom stereocenters. The number of fused-ring (bicyclic) bond motifs is 1. The predicted molar refractivity (Wildman–Crippen MR) is 106 cm³/mol. The van der Waals surface area contributed by atoms with Crippen molar-refractivity contribution in [3.63, 3.8) is 0 Å². The average Bonchev–Trinajstić information content (AvgIpc) is 3.34. The number of aromatic amines is 1. The van der Waals surface area contributed by atoms with Crippen LogP contribution in [0.1, 0.15) is 60.6 Å². The lowest BCUT2D eigenvalue weighted by Gasteiger charge is -2.29. The van der Waals surface area contributed by atoms with E-state index in [1.54, 1.807) is 16.2 Å². The van der Waals surface area contributed by atoms with Gasteiger partial charge in [-0.15, -0.1) is 11.3 Å². The fourth-order valence-corrected chi connectivity index (χ4v) is 4.84. The molecule has 1 fully saturated rings. The first-order valence-electron chi connectivity index (χ1n) is 9.82. The van der Waals surface area contributed by atoms with Gasteiger partial charge in [-0.05, 0) is 37.3 Å². The second kappa shape index (κ2) is 7.94. The molecule has 144 valence electrons. The Labute approximate surface area is 163 Å². The van der Waals surface area contributed by atoms with E-state index in [-0.39, 0.29) is 17.5 Å². The van der Waals surface area contributed by atoms with Crippen LogP contribution in [0.5, 0.6) is 0 Å². The molecule has 6 nitrogen and oxygen atoms in total. The third-order valence-corrected chi connectivity index (χ3v) is 6.38. The maximum Gasteiger partial charge on any atom is 0.256 e. The van der Waals surface area contributed by atoms with Gasteiger partial charge >= 0.3 is 0 Å². The summed E-state index contributed by atoms with van der Waals surface area (Å²) in [5.74, 6) is 0.922. The highest BCUT2D eigenvalue weighted by Crippen LogP contribution is 2.32. The Morgan fingerprint density at radius 3 is 3.07 bits per heavy atom. The van der Waals surface area contributed by atoms with E-state index in [4.69, 9.17) is 4.98 Å². The van der Waals surface area contributed by atoms with E-state index in [2.05, 4.69) is 27.4 Å². The van der Waals surface area contributed by atoms with Crippen LogP contribution in [0.4, 0.5) is 0 Å². The number of likely N-dealkylation sites (tertiary alicyclic amines) is 1. The Morgan fingerprint density at radius 1 is 1.41 bits per heavy atom. The lowest BCUT2D eigenvalue weighted by Crippen LogP contribution is -2.40. The molecule has 4 rings (SSSR count). The number of hydrogen-bond donors (Lipinski definition) is 1. The number of carbonyl (C=O) groups excluding carboxylic acids is 1. The molecule has 1 N–H and O–H groups in total. The summed E-state index contributed by atoms with van der Waals surface area (Å²) >= 11 is 1.77. The van der Waals surface area contributed by atoms with Crippen molar-refractivity contribution in [3.05, 3.63) is 49.8 Å². The van der Waals surface area contributed by atoms with E-state index in [0.717, 1.165) is 43.9 Å². The van der Waals surface area contributed by atoms with E-state index in [9.17, 15) is 9.59 Å². The summed E-state index contributed by atoms with van der Waals surface area (Å²) in [7, 11) is 0. The zero-order chi connectivity index (χ0) is 18.8. The van der Waals surface area contributed by atoms with Gasteiger partial charge in [0.1, 0.15) is 5.82 Å². The average molecular weight is 387 g/mol. The van der Waals surface area contributed by atoms with E-state index in [1.807, 2.05) is 6.92 Å². The normalized spacial score (nSPS) is 20.0. The van der Waals surface area contributed by atoms with Crippen molar-refractivity contribution in [2.45, 2.75) is 58.2 Å². The Kier molecular flexibility index (Phi) is 5.41. The topological polar surface area (TPSA) is 69.3 Å². The lowest BCUT2D eigenvalue weighted by molar-refractivity contribution is -0.132. The van der Waals surface area contributed by atoms with Crippen LogP contribution < -0.4 is 5.56 Å². The van der Waals surface area contributed by atoms with Gasteiger partial charge in [-0.1, -0.05) is 13.0 Å². The number of H-pyrrole nitrogens is 1. The Bertz CT molecular complexity index is 861. The number of nitrogens with zero attached hydrogens (tertiary/aromatic N) is 3. The van der Waals surface area contributed by atoms with Gasteiger partial charge in [0.25, 0.3) is 5.56 Å². The number of carbonyl (C=O) groups is 1. The second-order valence-corrected chi connectivity index (χ2v) is 8.43. The Balaban J connectivity index is 1.55. The second-order valence-electron chi connectivity index (χ2n) is 7.40. The molecule has 2 aromatic rings. The van der Waals surface area contributed by atoms with Crippen LogP contribution in [0.2, 0.25) is 0 Å². The van der Waals surface area contributed by atoms with Gasteiger partial charge in [0.2, 0.25) is 5.91 Å². The van der Waals surface area contributed by atoms with Gasteiger partial charge in [0.15, 0.2) is 0 Å². The summed E-state index contributed by atoms with van der Waals surface area (Å²) in [5.41, 5.74) is 1.46. The monoisotopic (exact) mass is 386 g/mol. The molecular formula is C20H26N4O2S. The van der Waals surface area contributed by atoms with Crippen LogP contribution in [0.15, 0.2) is 22.3 Å². The molecular weight excluding hydrogens is 360 g/mol. The maximum absolute atomic E-state index is 12.7. The first kappa shape index (κ1) is 18.4. The first-order chi connectivity index (χ1) is 13.2. The van der Waals surface area contributed by atoms with Crippen LogP contribution in [-0.4, -0.2) is 38.8 Å². The molecule has 2 aliphatic rings. The van der Waals surface area contributed by atoms with Gasteiger partial charge in [-0.2, -0.15) is 0 Å². The van der Waals surface area contributed by atoms with Gasteiger partial charge in [-0.3, -0.25) is 14.5 Å². The number of hydrogen-bond acceptors (Lipinski definition) is 5. The molecule has 1 saturated heterocycles. The molecule has 4 heterocycles. The van der Waals surface area contributed by atoms with Crippen LogP contribution in [-0.2, 0) is 24.3 Å². The fourth-order valence-electron chi connectivity index (χ4n) is 4.11. The van der Waals surface area contributed by atoms with Gasteiger partial charge < -0.3 is 9.88 Å². The van der Waals surface area contributed by atoms with Crippen molar-refractivity contribution >= 4 is 17.2 Å². The standard InChI is InChI=1S/C20H26N4O2S/c1-2-5-18(25)24-10-8-16-15(13-24)20(26)22-19(21-16)17-7-3-9-23(17)12-14-6-4-11-27-14/h4,6,11,17H,2-3,5,7-10,12-13H2,1H3,(H,21,22,26)/t17-/m0/s1. The third-order valence-electron chi connectivity index (χ3n) is 5.52. The molecule has 0 radical (unpaired) electrons. The summed E-state index contributed by atoms with van der Waals surface area (Å²) in [5, 5.41) is 2.10. The summed E-state index contributed by atoms with van der Waals surface area (Å²) in [6.45, 7) is 4.98. The highest BCUT2D eigenvalue weighted by molar-refractivity contribution is 7.09. The highest BCUT2D eigenvalue weighted by atomic mass is 32.1. The zero-order valence-corrected chi connectivity index (χ0v) is 16.6. The quantitative estimate of drug-likeness (QED) is 0.858. The van der Waals surface area contributed by atoms with Gasteiger partial charge in [0, 0.05) is 30.8 Å². The van der Waals surface area contributed by atoms with Crippen LogP contribution in [0.3, 0.4) is 0 Å². The van der Waals surface area contributed by atoms with Gasteiger partial charge in [0.05, 0.1) is 23.8 Å². The number of aromatic nitrogens is 2. The molecule has 0 saturated carbocycles. The molecule has 0 spiro atoms. The van der Waals surface area contributed by atoms with E-state index in [0.29, 0.717) is 31.5 Å². The third kappa shape index (κ3) is 3.84. The zero-order valence-electron chi connectivity index (χ0n) is 15.7. The summed E-state index contributed by atoms with van der Waals surface area (Å²) < 4.78 is 0. The van der Waals surface area contributed by atoms with Crippen molar-refractivity contribution in [3.8, 4) is 0 Å². The van der Waals surface area contributed by atoms with Crippen molar-refractivity contribution in [2.24, 2.45) is 0 Å². The molecule has 0 aliphatic carbocycles. The van der Waals surface area contributed by atoms with Crippen LogP contribution in [0, 0.1) is 0 Å². The SMILES string of the molecule is CCCC(=O)N1CCc2nc([C@@H]3CCCN3Cc3cccs3)[nH]c(=O)c2C1. The molecule has 0 bridgehead atoms. The maximum atomic E-state index is 12.7. The molecule has 1 amide bonds. The largest absolute Gasteiger partial charge is 0.338 e. The van der Waals surface area contributed by atoms with E-state index in [1.165, 1.54) is 4.88 Å². The molecule has 2 aliphatic heterocycles. The minimum absolute atomic E-state index is 0.0769. The number of rotatable bonds is 5. The van der Waals surface area contributed by atoms with E-state index < -0.39 is 0 Å². The fraction of sp³-hybridized carbons (Fsp3) is 0.550. The first-order valence-corrected chi connectivity index (χ1v) is 10.7. The van der Waals surface area contributed by atoms with Gasteiger partial charge in [-0.25, -0.2) is 4.98 Å². The minimum atomic E-state index is -0.0769. The number of nitrogens with one attached hydrogen (secondary N) is 1. The lowest BCUT2D eigenvalue weighted by atomic mass is 10.1. The number of thiophene rings is 1. The summed E-state index contributed by atoms with van der Waals surface area (Å²) in [4.78, 5) is 38.3. The predicted octanol–water partition coefficient (Wildman–Crippen LogP) is 2.85. The van der Waals surface area contributed by atoms with Crippen LogP contribution in [0.25, 0.3) is 0 Å². The van der Waals surface area contributed by atoms with Crippen LogP contribution >= 0.6 is 11.3 Å². The van der Waals surface area contributed by atoms with Crippen molar-refractivity contribution in [1.82, 2.24) is 19.8 Å². The van der Waals surface area contributed by atoms with Crippen molar-refractivity contribution < 1.29 is 4.79 Å². The minimum Gasteiger partial charge on any atom is -0.338 e. The molecule has 2 aromatic heterocycles. The Hall–Kier alpha value is -1.99. The smallest absolute Gasteiger partial charge is 0.256 e. The van der Waals surface area contributed by atoms with Crippen molar-refractivity contribution in [1.29, 1.82) is 0 Å². The summed E-state index contributed by atoms with van der Waals surface area (Å²) in [6, 6.07) is 4.41. The van der Waals surface area contributed by atoms with E-state index >= 15 is 0 Å². The molecule has 0 aromatic carbocycles.